The van der Waals surface area contributed by atoms with Crippen LogP contribution in [0.3, 0.4) is 0 Å². The molecule has 154 valence electrons. The van der Waals surface area contributed by atoms with Crippen molar-refractivity contribution in [3.8, 4) is 17.2 Å². The topological polar surface area (TPSA) is 91.7 Å². The average molecular weight is 410 g/mol. The van der Waals surface area contributed by atoms with E-state index < -0.39 is 10.0 Å². The quantitative estimate of drug-likeness (QED) is 0.721. The number of para-hydroxylation sites is 1. The zero-order valence-electron chi connectivity index (χ0n) is 16.4. The number of benzene rings is 1. The number of methoxy groups -OCH3 is 2. The van der Waals surface area contributed by atoms with Gasteiger partial charge >= 0.3 is 0 Å². The lowest BCUT2D eigenvalue weighted by atomic mass is 9.93. The Morgan fingerprint density at radius 2 is 1.86 bits per heavy atom. The molecule has 0 amide bonds. The molecular formula is C19H27N3O5S. The second-order valence-corrected chi connectivity index (χ2v) is 8.45. The van der Waals surface area contributed by atoms with Crippen molar-refractivity contribution in [2.24, 2.45) is 0 Å². The van der Waals surface area contributed by atoms with Gasteiger partial charge in [-0.25, -0.2) is 13.1 Å². The van der Waals surface area contributed by atoms with E-state index in [0.29, 0.717) is 36.6 Å². The largest absolute Gasteiger partial charge is 0.493 e. The first kappa shape index (κ1) is 20.5. The molecule has 1 N–H and O–H groups in total. The molecule has 1 aliphatic carbocycles. The molecule has 2 aromatic rings. The molecule has 0 unspecified atom stereocenters. The van der Waals surface area contributed by atoms with Gasteiger partial charge in [-0.1, -0.05) is 6.07 Å². The summed E-state index contributed by atoms with van der Waals surface area (Å²) < 4.78 is 46.3. The van der Waals surface area contributed by atoms with Crippen LogP contribution in [0.15, 0.2) is 35.5 Å². The van der Waals surface area contributed by atoms with E-state index in [0.717, 1.165) is 12.8 Å². The van der Waals surface area contributed by atoms with E-state index >= 15 is 0 Å². The second kappa shape index (κ2) is 8.83. The molecular weight excluding hydrogens is 382 g/mol. The number of aryl methyl sites for hydroxylation is 1. The summed E-state index contributed by atoms with van der Waals surface area (Å²) >= 11 is 0. The van der Waals surface area contributed by atoms with Crippen molar-refractivity contribution >= 4 is 10.0 Å². The summed E-state index contributed by atoms with van der Waals surface area (Å²) in [6.45, 7) is 2.54. The summed E-state index contributed by atoms with van der Waals surface area (Å²) in [6, 6.07) is 5.41. The number of rotatable bonds is 8. The molecule has 0 atom stereocenters. The van der Waals surface area contributed by atoms with E-state index in [1.807, 2.05) is 25.1 Å². The highest BCUT2D eigenvalue weighted by atomic mass is 32.2. The molecule has 3 rings (SSSR count). The lowest BCUT2D eigenvalue weighted by Gasteiger charge is -2.29. The number of nitrogens with one attached hydrogen (secondary N) is 1. The van der Waals surface area contributed by atoms with Gasteiger partial charge in [0.05, 0.1) is 26.5 Å². The number of hydrogen-bond donors (Lipinski definition) is 1. The van der Waals surface area contributed by atoms with E-state index in [1.165, 1.54) is 6.20 Å². The minimum absolute atomic E-state index is 0.00426. The van der Waals surface area contributed by atoms with E-state index in [9.17, 15) is 8.42 Å². The Kier molecular flexibility index (Phi) is 6.46. The molecule has 1 aliphatic rings. The number of ether oxygens (including phenoxy) is 3. The molecule has 0 spiro atoms. The molecule has 28 heavy (non-hydrogen) atoms. The lowest BCUT2D eigenvalue weighted by molar-refractivity contribution is 0.138. The van der Waals surface area contributed by atoms with E-state index in [1.54, 1.807) is 25.1 Å². The summed E-state index contributed by atoms with van der Waals surface area (Å²) in [5.41, 5.74) is 0. The van der Waals surface area contributed by atoms with Crippen LogP contribution in [0.1, 0.15) is 32.6 Å². The van der Waals surface area contributed by atoms with Gasteiger partial charge in [-0.2, -0.15) is 5.10 Å². The van der Waals surface area contributed by atoms with Crippen molar-refractivity contribution in [2.45, 2.75) is 56.2 Å². The van der Waals surface area contributed by atoms with E-state index in [2.05, 4.69) is 9.82 Å². The van der Waals surface area contributed by atoms with Crippen LogP contribution < -0.4 is 18.9 Å². The maximum atomic E-state index is 12.5. The van der Waals surface area contributed by atoms with Gasteiger partial charge in [0, 0.05) is 18.8 Å². The van der Waals surface area contributed by atoms with Gasteiger partial charge in [0.2, 0.25) is 15.8 Å². The SMILES string of the molecule is CCn1cc(S(=O)(=O)NC2CCC(Oc3cccc(OC)c3OC)CC2)cn1. The normalized spacial score (nSPS) is 20.0. The third kappa shape index (κ3) is 4.59. The fourth-order valence-corrected chi connectivity index (χ4v) is 4.63. The maximum Gasteiger partial charge on any atom is 0.243 e. The first-order valence-electron chi connectivity index (χ1n) is 9.39. The van der Waals surface area contributed by atoms with Crippen LogP contribution in [-0.2, 0) is 16.6 Å². The van der Waals surface area contributed by atoms with Gasteiger partial charge < -0.3 is 14.2 Å². The summed E-state index contributed by atoms with van der Waals surface area (Å²) in [5.74, 6) is 1.83. The minimum Gasteiger partial charge on any atom is -0.493 e. The lowest BCUT2D eigenvalue weighted by Crippen LogP contribution is -2.39. The number of nitrogens with zero attached hydrogens (tertiary/aromatic N) is 2. The number of aromatic nitrogens is 2. The Balaban J connectivity index is 1.58. The van der Waals surface area contributed by atoms with Crippen molar-refractivity contribution in [2.75, 3.05) is 14.2 Å². The van der Waals surface area contributed by atoms with Gasteiger partial charge in [0.25, 0.3) is 0 Å². The maximum absolute atomic E-state index is 12.5. The highest BCUT2D eigenvalue weighted by molar-refractivity contribution is 7.89. The van der Waals surface area contributed by atoms with Crippen LogP contribution in [-0.4, -0.2) is 44.6 Å². The first-order chi connectivity index (χ1) is 13.5. The molecule has 8 nitrogen and oxygen atoms in total. The molecule has 0 bridgehead atoms. The Labute approximate surface area is 165 Å². The summed E-state index contributed by atoms with van der Waals surface area (Å²) in [5, 5.41) is 4.04. The number of hydrogen-bond acceptors (Lipinski definition) is 6. The third-order valence-corrected chi connectivity index (χ3v) is 6.38. The van der Waals surface area contributed by atoms with Gasteiger partial charge in [-0.05, 0) is 44.7 Å². The van der Waals surface area contributed by atoms with Crippen molar-refractivity contribution < 1.29 is 22.6 Å². The molecule has 1 aromatic carbocycles. The van der Waals surface area contributed by atoms with Gasteiger partial charge in [0.1, 0.15) is 4.90 Å². The van der Waals surface area contributed by atoms with Crippen LogP contribution in [0.4, 0.5) is 0 Å². The van der Waals surface area contributed by atoms with Gasteiger partial charge in [0.15, 0.2) is 11.5 Å². The molecule has 1 fully saturated rings. The van der Waals surface area contributed by atoms with Crippen LogP contribution in [0.5, 0.6) is 17.2 Å². The Bertz CT molecular complexity index is 889. The van der Waals surface area contributed by atoms with Crippen molar-refractivity contribution in [1.82, 2.24) is 14.5 Å². The van der Waals surface area contributed by atoms with Gasteiger partial charge in [-0.3, -0.25) is 4.68 Å². The highest BCUT2D eigenvalue weighted by Crippen LogP contribution is 2.38. The third-order valence-electron chi connectivity index (χ3n) is 4.90. The second-order valence-electron chi connectivity index (χ2n) is 6.74. The van der Waals surface area contributed by atoms with Crippen molar-refractivity contribution in [1.29, 1.82) is 0 Å². The minimum atomic E-state index is -3.56. The van der Waals surface area contributed by atoms with Crippen LogP contribution >= 0.6 is 0 Å². The van der Waals surface area contributed by atoms with Crippen LogP contribution in [0.2, 0.25) is 0 Å². The zero-order valence-corrected chi connectivity index (χ0v) is 17.2. The summed E-state index contributed by atoms with van der Waals surface area (Å²) in [4.78, 5) is 0.203. The van der Waals surface area contributed by atoms with Gasteiger partial charge in [-0.15, -0.1) is 0 Å². The standard InChI is InChI=1S/C19H27N3O5S/c1-4-22-13-16(12-20-22)28(23,24)21-14-8-10-15(11-9-14)27-18-7-5-6-17(25-2)19(18)26-3/h5-7,12-15,21H,4,8-11H2,1-3H3. The Hall–Kier alpha value is -2.26. The van der Waals surface area contributed by atoms with E-state index in [4.69, 9.17) is 14.2 Å². The predicted octanol–water partition coefficient (Wildman–Crippen LogP) is 2.59. The smallest absolute Gasteiger partial charge is 0.243 e. The molecule has 0 saturated heterocycles. The molecule has 1 saturated carbocycles. The van der Waals surface area contributed by atoms with Crippen LogP contribution in [0.25, 0.3) is 0 Å². The van der Waals surface area contributed by atoms with Crippen LogP contribution in [0, 0.1) is 0 Å². The Morgan fingerprint density at radius 3 is 2.46 bits per heavy atom. The summed E-state index contributed by atoms with van der Waals surface area (Å²) in [6.07, 6.45) is 5.85. The fourth-order valence-electron chi connectivity index (χ4n) is 3.37. The molecule has 0 radical (unpaired) electrons. The summed E-state index contributed by atoms with van der Waals surface area (Å²) in [7, 11) is -0.389. The van der Waals surface area contributed by atoms with Crippen molar-refractivity contribution in [3.63, 3.8) is 0 Å². The Morgan fingerprint density at radius 1 is 1.14 bits per heavy atom. The number of sulfonamides is 1. The fraction of sp³-hybridized carbons (Fsp3) is 0.526. The zero-order chi connectivity index (χ0) is 20.1. The van der Waals surface area contributed by atoms with Crippen molar-refractivity contribution in [3.05, 3.63) is 30.6 Å². The highest BCUT2D eigenvalue weighted by Gasteiger charge is 2.28. The molecule has 1 aromatic heterocycles. The molecule has 0 aliphatic heterocycles. The first-order valence-corrected chi connectivity index (χ1v) is 10.9. The predicted molar refractivity (Wildman–Crippen MR) is 104 cm³/mol. The monoisotopic (exact) mass is 409 g/mol. The molecule has 9 heteroatoms. The van der Waals surface area contributed by atoms with E-state index in [-0.39, 0.29) is 17.0 Å². The average Bonchev–Trinajstić information content (AvgIpc) is 3.19. The molecule has 1 heterocycles.